The molecule has 6 nitrogen and oxygen atoms in total. The Balaban J connectivity index is 3.19. The molecular weight excluding hydrogens is 236 g/mol. The fourth-order valence-corrected chi connectivity index (χ4v) is 1.37. The van der Waals surface area contributed by atoms with Crippen molar-refractivity contribution in [3.8, 4) is 5.75 Å². The third kappa shape index (κ3) is 3.89. The fourth-order valence-electron chi connectivity index (χ4n) is 1.37. The van der Waals surface area contributed by atoms with Gasteiger partial charge in [-0.15, -0.1) is 0 Å². The molecule has 2 amide bonds. The fraction of sp³-hybridized carbons (Fsp3) is 0.250. The summed E-state index contributed by atoms with van der Waals surface area (Å²) in [7, 11) is 0. The molecule has 2 N–H and O–H groups in total. The summed E-state index contributed by atoms with van der Waals surface area (Å²) in [6.45, 7) is 3.92. The first-order chi connectivity index (χ1) is 8.40. The zero-order valence-corrected chi connectivity index (χ0v) is 10.4. The van der Waals surface area contributed by atoms with Gasteiger partial charge in [0.2, 0.25) is 11.8 Å². The molecule has 1 aromatic carbocycles. The summed E-state index contributed by atoms with van der Waals surface area (Å²) >= 11 is 0. The van der Waals surface area contributed by atoms with E-state index in [9.17, 15) is 14.4 Å². The van der Waals surface area contributed by atoms with Gasteiger partial charge < -0.3 is 15.4 Å². The highest BCUT2D eigenvalue weighted by molar-refractivity contribution is 6.00. The highest BCUT2D eigenvalue weighted by Gasteiger charge is 2.13. The van der Waals surface area contributed by atoms with Crippen LogP contribution in [0.5, 0.6) is 5.75 Å². The normalized spacial score (nSPS) is 9.50. The van der Waals surface area contributed by atoms with Crippen LogP contribution >= 0.6 is 0 Å². The van der Waals surface area contributed by atoms with Crippen LogP contribution in [0.4, 0.5) is 11.4 Å². The van der Waals surface area contributed by atoms with Crippen molar-refractivity contribution in [1.82, 2.24) is 0 Å². The molecule has 96 valence electrons. The number of rotatable bonds is 3. The molecule has 0 saturated heterocycles. The molecule has 0 heterocycles. The summed E-state index contributed by atoms with van der Waals surface area (Å²) in [5.74, 6) is -0.951. The number of hydrogen-bond donors (Lipinski definition) is 2. The molecule has 0 radical (unpaired) electrons. The molecule has 0 spiro atoms. The van der Waals surface area contributed by atoms with Crippen LogP contribution < -0.4 is 15.4 Å². The zero-order valence-electron chi connectivity index (χ0n) is 10.4. The number of carbonyl (C=O) groups excluding carboxylic acids is 3. The van der Waals surface area contributed by atoms with Crippen LogP contribution in [0.2, 0.25) is 0 Å². The van der Waals surface area contributed by atoms with E-state index in [0.29, 0.717) is 5.69 Å². The van der Waals surface area contributed by atoms with Gasteiger partial charge in [-0.25, -0.2) is 0 Å². The lowest BCUT2D eigenvalue weighted by Gasteiger charge is -2.14. The van der Waals surface area contributed by atoms with Crippen LogP contribution in [0.3, 0.4) is 0 Å². The molecule has 0 aliphatic carbocycles. The van der Waals surface area contributed by atoms with E-state index in [2.05, 4.69) is 10.6 Å². The lowest BCUT2D eigenvalue weighted by atomic mass is 10.2. The number of anilines is 2. The molecule has 0 aliphatic heterocycles. The molecule has 0 fully saturated rings. The summed E-state index contributed by atoms with van der Waals surface area (Å²) in [6, 6.07) is 4.73. The van der Waals surface area contributed by atoms with Gasteiger partial charge in [0, 0.05) is 20.8 Å². The quantitative estimate of drug-likeness (QED) is 0.629. The van der Waals surface area contributed by atoms with Crippen molar-refractivity contribution in [1.29, 1.82) is 0 Å². The minimum absolute atomic E-state index is 0.184. The Kier molecular flexibility index (Phi) is 4.42. The first-order valence-corrected chi connectivity index (χ1v) is 5.26. The Labute approximate surface area is 104 Å². The van der Waals surface area contributed by atoms with Crippen molar-refractivity contribution in [3.63, 3.8) is 0 Å². The number of amides is 2. The van der Waals surface area contributed by atoms with Gasteiger partial charge in [-0.1, -0.05) is 6.07 Å². The van der Waals surface area contributed by atoms with Crippen molar-refractivity contribution in [2.45, 2.75) is 20.8 Å². The number of carbonyl (C=O) groups is 3. The van der Waals surface area contributed by atoms with E-state index in [1.807, 2.05) is 0 Å². The third-order valence-electron chi connectivity index (χ3n) is 1.89. The number of para-hydroxylation sites is 1. The first-order valence-electron chi connectivity index (χ1n) is 5.26. The number of esters is 1. The van der Waals surface area contributed by atoms with Gasteiger partial charge in [0.15, 0.2) is 5.75 Å². The molecule has 1 aromatic rings. The second kappa shape index (κ2) is 5.81. The highest BCUT2D eigenvalue weighted by Crippen LogP contribution is 2.32. The van der Waals surface area contributed by atoms with Gasteiger partial charge >= 0.3 is 5.97 Å². The van der Waals surface area contributed by atoms with Crippen molar-refractivity contribution in [3.05, 3.63) is 18.2 Å². The first kappa shape index (κ1) is 13.7. The average molecular weight is 250 g/mol. The lowest BCUT2D eigenvalue weighted by molar-refractivity contribution is -0.131. The highest BCUT2D eigenvalue weighted by atomic mass is 16.5. The van der Waals surface area contributed by atoms with Crippen molar-refractivity contribution < 1.29 is 19.1 Å². The summed E-state index contributed by atoms with van der Waals surface area (Å²) in [5.41, 5.74) is 0.631. The van der Waals surface area contributed by atoms with E-state index in [1.165, 1.54) is 26.8 Å². The van der Waals surface area contributed by atoms with Crippen molar-refractivity contribution in [2.24, 2.45) is 0 Å². The van der Waals surface area contributed by atoms with E-state index in [0.717, 1.165) is 0 Å². The molecule has 0 saturated carbocycles. The van der Waals surface area contributed by atoms with E-state index in [1.54, 1.807) is 12.1 Å². The van der Waals surface area contributed by atoms with Gasteiger partial charge in [0.05, 0.1) is 5.69 Å². The molecule has 18 heavy (non-hydrogen) atoms. The summed E-state index contributed by atoms with van der Waals surface area (Å²) in [5, 5.41) is 5.07. The number of hydrogen-bond acceptors (Lipinski definition) is 4. The van der Waals surface area contributed by atoms with Gasteiger partial charge in [0.25, 0.3) is 0 Å². The van der Waals surface area contributed by atoms with Crippen LogP contribution in [0.1, 0.15) is 20.8 Å². The Morgan fingerprint density at radius 2 is 1.61 bits per heavy atom. The van der Waals surface area contributed by atoms with Gasteiger partial charge in [-0.05, 0) is 12.1 Å². The molecular formula is C12H14N2O4. The Hall–Kier alpha value is -2.37. The van der Waals surface area contributed by atoms with E-state index in [-0.39, 0.29) is 23.3 Å². The smallest absolute Gasteiger partial charge is 0.308 e. The Morgan fingerprint density at radius 1 is 1.00 bits per heavy atom. The molecule has 0 bridgehead atoms. The van der Waals surface area contributed by atoms with E-state index < -0.39 is 5.97 Å². The molecule has 1 rings (SSSR count). The maximum atomic E-state index is 11.1. The van der Waals surface area contributed by atoms with Crippen molar-refractivity contribution >= 4 is 29.2 Å². The van der Waals surface area contributed by atoms with Crippen LogP contribution in [0.25, 0.3) is 0 Å². The van der Waals surface area contributed by atoms with Crippen LogP contribution in [0.15, 0.2) is 18.2 Å². The van der Waals surface area contributed by atoms with Crippen molar-refractivity contribution in [2.75, 3.05) is 10.6 Å². The second-order valence-corrected chi connectivity index (χ2v) is 3.63. The van der Waals surface area contributed by atoms with Crippen LogP contribution in [0, 0.1) is 0 Å². The third-order valence-corrected chi connectivity index (χ3v) is 1.89. The predicted molar refractivity (Wildman–Crippen MR) is 66.4 cm³/mol. The van der Waals surface area contributed by atoms with Crippen LogP contribution in [-0.2, 0) is 14.4 Å². The van der Waals surface area contributed by atoms with Gasteiger partial charge in [-0.3, -0.25) is 14.4 Å². The minimum Gasteiger partial charge on any atom is -0.424 e. The number of benzene rings is 1. The summed E-state index contributed by atoms with van der Waals surface area (Å²) < 4.78 is 4.96. The Morgan fingerprint density at radius 3 is 2.11 bits per heavy atom. The molecule has 0 unspecified atom stereocenters. The van der Waals surface area contributed by atoms with Crippen LogP contribution in [-0.4, -0.2) is 17.8 Å². The number of ether oxygens (including phenoxy) is 1. The molecule has 6 heteroatoms. The molecule has 0 atom stereocenters. The number of nitrogens with one attached hydrogen (secondary N) is 2. The topological polar surface area (TPSA) is 84.5 Å². The standard InChI is InChI=1S/C12H14N2O4/c1-7(15)13-10-5-4-6-11(18-9(3)17)12(10)14-8(2)16/h4-6H,1-3H3,(H,13,15)(H,14,16). The minimum atomic E-state index is -0.512. The Bertz CT molecular complexity index is 463. The van der Waals surface area contributed by atoms with Gasteiger partial charge in [-0.2, -0.15) is 0 Å². The lowest BCUT2D eigenvalue weighted by Crippen LogP contribution is -2.14. The second-order valence-electron chi connectivity index (χ2n) is 3.63. The summed E-state index contributed by atoms with van der Waals surface area (Å²) in [4.78, 5) is 33.1. The predicted octanol–water partition coefficient (Wildman–Crippen LogP) is 1.53. The van der Waals surface area contributed by atoms with Gasteiger partial charge in [0.1, 0.15) is 5.69 Å². The zero-order chi connectivity index (χ0) is 13.7. The molecule has 0 aliphatic rings. The monoisotopic (exact) mass is 250 g/mol. The maximum absolute atomic E-state index is 11.1. The van der Waals surface area contributed by atoms with E-state index in [4.69, 9.17) is 4.74 Å². The maximum Gasteiger partial charge on any atom is 0.308 e. The largest absolute Gasteiger partial charge is 0.424 e. The SMILES string of the molecule is CC(=O)Nc1cccc(OC(C)=O)c1NC(C)=O. The van der Waals surface area contributed by atoms with E-state index >= 15 is 0 Å². The average Bonchev–Trinajstić information content (AvgIpc) is 2.20. The molecule has 0 aromatic heterocycles. The summed E-state index contributed by atoms with van der Waals surface area (Å²) in [6.07, 6.45) is 0.